The van der Waals surface area contributed by atoms with Crippen LogP contribution >= 0.6 is 0 Å². The molecule has 0 aliphatic carbocycles. The molecule has 2 heterocycles. The third-order valence-electron chi connectivity index (χ3n) is 3.32. The van der Waals surface area contributed by atoms with Crippen molar-refractivity contribution in [3.05, 3.63) is 47.2 Å². The van der Waals surface area contributed by atoms with E-state index < -0.39 is 5.91 Å². The van der Waals surface area contributed by atoms with Crippen molar-refractivity contribution in [2.24, 2.45) is 5.73 Å². The van der Waals surface area contributed by atoms with Gasteiger partial charge >= 0.3 is 0 Å². The zero-order valence-electron chi connectivity index (χ0n) is 10.9. The van der Waals surface area contributed by atoms with E-state index in [1.165, 1.54) is 11.1 Å². The second kappa shape index (κ2) is 5.26. The normalized spacial score (nSPS) is 13.6. The number of carbonyl (C=O) groups is 1. The monoisotopic (exact) mass is 269 g/mol. The predicted molar refractivity (Wildman–Crippen MR) is 75.7 cm³/mol. The van der Waals surface area contributed by atoms with Gasteiger partial charge in [0.2, 0.25) is 0 Å². The first-order valence-corrected chi connectivity index (χ1v) is 6.46. The minimum atomic E-state index is -0.577. The van der Waals surface area contributed by atoms with Crippen LogP contribution in [0.5, 0.6) is 0 Å². The van der Waals surface area contributed by atoms with Gasteiger partial charge in [0.25, 0.3) is 5.91 Å². The number of hydrogen-bond acceptors (Lipinski definition) is 5. The molecule has 0 bridgehead atoms. The fourth-order valence-electron chi connectivity index (χ4n) is 2.32. The molecule has 1 aliphatic heterocycles. The molecule has 1 aromatic carbocycles. The number of aromatic nitrogens is 2. The van der Waals surface area contributed by atoms with Crippen molar-refractivity contribution < 1.29 is 4.79 Å². The molecule has 4 N–H and O–H groups in total. The first kappa shape index (κ1) is 12.6. The van der Waals surface area contributed by atoms with Gasteiger partial charge in [-0.05, 0) is 42.3 Å². The molecule has 0 atom stereocenters. The summed E-state index contributed by atoms with van der Waals surface area (Å²) >= 11 is 0. The molecule has 0 spiro atoms. The standard InChI is InChI=1S/C14H15N5O/c15-14(20)12-4-5-13(19-18-12)17-11-3-1-2-9-8-16-7-6-10(9)11/h1-5,16H,6-8H2,(H2,15,20)(H,17,19). The minimum absolute atomic E-state index is 0.162. The van der Waals surface area contributed by atoms with Crippen LogP contribution in [0.15, 0.2) is 30.3 Å². The molecule has 20 heavy (non-hydrogen) atoms. The van der Waals surface area contributed by atoms with Gasteiger partial charge in [-0.1, -0.05) is 12.1 Å². The number of primary amides is 1. The van der Waals surface area contributed by atoms with Gasteiger partial charge in [-0.25, -0.2) is 0 Å². The summed E-state index contributed by atoms with van der Waals surface area (Å²) in [4.78, 5) is 11.0. The second-order valence-electron chi connectivity index (χ2n) is 4.66. The highest BCUT2D eigenvalue weighted by atomic mass is 16.1. The third-order valence-corrected chi connectivity index (χ3v) is 3.32. The van der Waals surface area contributed by atoms with Crippen molar-refractivity contribution in [3.63, 3.8) is 0 Å². The Kier molecular flexibility index (Phi) is 3.30. The molecule has 1 amide bonds. The van der Waals surface area contributed by atoms with Crippen molar-refractivity contribution in [1.29, 1.82) is 0 Å². The number of amides is 1. The summed E-state index contributed by atoms with van der Waals surface area (Å²) in [7, 11) is 0. The molecular weight excluding hydrogens is 254 g/mol. The summed E-state index contributed by atoms with van der Waals surface area (Å²) in [6, 6.07) is 9.42. The Morgan fingerprint density at radius 1 is 1.25 bits per heavy atom. The topological polar surface area (TPSA) is 92.9 Å². The van der Waals surface area contributed by atoms with E-state index in [1.54, 1.807) is 12.1 Å². The maximum Gasteiger partial charge on any atom is 0.269 e. The molecule has 1 aromatic heterocycles. The Morgan fingerprint density at radius 2 is 2.15 bits per heavy atom. The Bertz CT molecular complexity index is 639. The van der Waals surface area contributed by atoms with Gasteiger partial charge in [0.1, 0.15) is 0 Å². The van der Waals surface area contributed by atoms with E-state index in [4.69, 9.17) is 5.73 Å². The maximum atomic E-state index is 11.0. The predicted octanol–water partition coefficient (Wildman–Crippen LogP) is 0.965. The first-order valence-electron chi connectivity index (χ1n) is 6.46. The van der Waals surface area contributed by atoms with E-state index in [0.717, 1.165) is 25.2 Å². The van der Waals surface area contributed by atoms with Crippen molar-refractivity contribution >= 4 is 17.4 Å². The average Bonchev–Trinajstić information content (AvgIpc) is 2.48. The lowest BCUT2D eigenvalue weighted by molar-refractivity contribution is 0.0994. The van der Waals surface area contributed by atoms with Crippen LogP contribution < -0.4 is 16.4 Å². The van der Waals surface area contributed by atoms with Crippen LogP contribution in [0.4, 0.5) is 11.5 Å². The van der Waals surface area contributed by atoms with Gasteiger partial charge < -0.3 is 16.4 Å². The highest BCUT2D eigenvalue weighted by molar-refractivity contribution is 5.90. The molecule has 3 rings (SSSR count). The molecule has 102 valence electrons. The van der Waals surface area contributed by atoms with Gasteiger partial charge in [-0.15, -0.1) is 10.2 Å². The second-order valence-corrected chi connectivity index (χ2v) is 4.66. The smallest absolute Gasteiger partial charge is 0.269 e. The summed E-state index contributed by atoms with van der Waals surface area (Å²) < 4.78 is 0. The van der Waals surface area contributed by atoms with Crippen LogP contribution in [0.1, 0.15) is 21.6 Å². The molecule has 2 aromatic rings. The van der Waals surface area contributed by atoms with Gasteiger partial charge in [0.15, 0.2) is 11.5 Å². The van der Waals surface area contributed by atoms with E-state index in [0.29, 0.717) is 5.82 Å². The van der Waals surface area contributed by atoms with Gasteiger partial charge in [0, 0.05) is 12.2 Å². The molecule has 6 heteroatoms. The molecule has 0 radical (unpaired) electrons. The van der Waals surface area contributed by atoms with Crippen molar-refractivity contribution in [2.45, 2.75) is 13.0 Å². The quantitative estimate of drug-likeness (QED) is 0.772. The van der Waals surface area contributed by atoms with Gasteiger partial charge in [0.05, 0.1) is 0 Å². The number of nitrogens with two attached hydrogens (primary N) is 1. The first-order chi connectivity index (χ1) is 9.74. The number of benzene rings is 1. The van der Waals surface area contributed by atoms with E-state index in [9.17, 15) is 4.79 Å². The highest BCUT2D eigenvalue weighted by Crippen LogP contribution is 2.25. The summed E-state index contributed by atoms with van der Waals surface area (Å²) in [6.07, 6.45) is 0.977. The van der Waals surface area contributed by atoms with Crippen LogP contribution in [-0.4, -0.2) is 22.6 Å². The number of nitrogens with one attached hydrogen (secondary N) is 2. The fourth-order valence-corrected chi connectivity index (χ4v) is 2.32. The van der Waals surface area contributed by atoms with Gasteiger partial charge in [-0.2, -0.15) is 0 Å². The zero-order valence-corrected chi connectivity index (χ0v) is 10.9. The summed E-state index contributed by atoms with van der Waals surface area (Å²) in [5.74, 6) is 0.0224. The van der Waals surface area contributed by atoms with Crippen LogP contribution in [0.25, 0.3) is 0 Å². The lowest BCUT2D eigenvalue weighted by atomic mass is 9.99. The highest BCUT2D eigenvalue weighted by Gasteiger charge is 2.13. The molecule has 6 nitrogen and oxygen atoms in total. The Labute approximate surface area is 116 Å². The van der Waals surface area contributed by atoms with Crippen LogP contribution in [0.2, 0.25) is 0 Å². The van der Waals surface area contributed by atoms with Crippen molar-refractivity contribution in [3.8, 4) is 0 Å². The number of hydrogen-bond donors (Lipinski definition) is 3. The Hall–Kier alpha value is -2.47. The molecule has 0 unspecified atom stereocenters. The van der Waals surface area contributed by atoms with Crippen LogP contribution in [-0.2, 0) is 13.0 Å². The maximum absolute atomic E-state index is 11.0. The number of fused-ring (bicyclic) bond motifs is 1. The SMILES string of the molecule is NC(=O)c1ccc(Nc2cccc3c2CCNC3)nn1. The molecule has 1 aliphatic rings. The van der Waals surface area contributed by atoms with E-state index >= 15 is 0 Å². The molecular formula is C14H15N5O. The van der Waals surface area contributed by atoms with E-state index in [2.05, 4.69) is 26.9 Å². The number of nitrogens with zero attached hydrogens (tertiary/aromatic N) is 2. The summed E-state index contributed by atoms with van der Waals surface area (Å²) in [5, 5.41) is 14.3. The lowest BCUT2D eigenvalue weighted by Gasteiger charge is -2.20. The summed E-state index contributed by atoms with van der Waals surface area (Å²) in [5.41, 5.74) is 8.93. The van der Waals surface area contributed by atoms with E-state index in [1.807, 2.05) is 12.1 Å². The van der Waals surface area contributed by atoms with E-state index in [-0.39, 0.29) is 5.69 Å². The van der Waals surface area contributed by atoms with Crippen LogP contribution in [0.3, 0.4) is 0 Å². The molecule has 0 saturated carbocycles. The largest absolute Gasteiger partial charge is 0.364 e. The molecule has 0 fully saturated rings. The summed E-state index contributed by atoms with van der Waals surface area (Å²) in [6.45, 7) is 1.86. The van der Waals surface area contributed by atoms with Crippen LogP contribution in [0, 0.1) is 0 Å². The number of anilines is 2. The Balaban J connectivity index is 1.86. The fraction of sp³-hybridized carbons (Fsp3) is 0.214. The molecule has 0 saturated heterocycles. The van der Waals surface area contributed by atoms with Gasteiger partial charge in [-0.3, -0.25) is 4.79 Å². The third kappa shape index (κ3) is 2.46. The lowest BCUT2D eigenvalue weighted by Crippen LogP contribution is -2.24. The number of rotatable bonds is 3. The minimum Gasteiger partial charge on any atom is -0.364 e. The van der Waals surface area contributed by atoms with Crippen molar-refractivity contribution in [1.82, 2.24) is 15.5 Å². The Morgan fingerprint density at radius 3 is 2.90 bits per heavy atom. The average molecular weight is 269 g/mol. The zero-order chi connectivity index (χ0) is 13.9. The van der Waals surface area contributed by atoms with Crippen molar-refractivity contribution in [2.75, 3.05) is 11.9 Å². The number of carbonyl (C=O) groups excluding carboxylic acids is 1.